The first-order valence-electron chi connectivity index (χ1n) is 10.8. The maximum atomic E-state index is 13.2. The predicted molar refractivity (Wildman–Crippen MR) is 120 cm³/mol. The van der Waals surface area contributed by atoms with E-state index in [1.165, 1.54) is 10.4 Å². The molecule has 0 spiro atoms. The predicted octanol–water partition coefficient (Wildman–Crippen LogP) is 3.74. The quantitative estimate of drug-likeness (QED) is 0.635. The van der Waals surface area contributed by atoms with E-state index in [1.807, 2.05) is 11.8 Å². The summed E-state index contributed by atoms with van der Waals surface area (Å²) in [6.45, 7) is 10.3. The minimum absolute atomic E-state index is 0.0626. The maximum absolute atomic E-state index is 13.2. The number of aromatic amines is 1. The molecule has 0 fully saturated rings. The Balaban J connectivity index is 1.75. The largest absolute Gasteiger partial charge is 0.459 e. The van der Waals surface area contributed by atoms with Crippen LogP contribution in [0.25, 0.3) is 0 Å². The third kappa shape index (κ3) is 5.01. The summed E-state index contributed by atoms with van der Waals surface area (Å²) in [5, 5.41) is 4.96. The number of ether oxygens (including phenoxy) is 1. The number of thiophene rings is 1. The van der Waals surface area contributed by atoms with Crippen molar-refractivity contribution in [1.82, 2.24) is 15.2 Å². The van der Waals surface area contributed by atoms with Crippen LogP contribution in [0.1, 0.15) is 76.2 Å². The van der Waals surface area contributed by atoms with Gasteiger partial charge in [0.05, 0.1) is 11.7 Å². The number of nitrogens with one attached hydrogen (secondary N) is 2. The van der Waals surface area contributed by atoms with Crippen molar-refractivity contribution in [3.8, 4) is 0 Å². The standard InChI is InChI=1S/C23H31N3O4S/c1-6-7-17(22(28)26-10-8-18-16(12-26)9-11-31-18)25-21(27)20-14(4)19(15(5)24-20)23(29)30-13(2)3/h9,11,13,17,24H,6-8,10,12H2,1-5H3,(H,25,27). The summed E-state index contributed by atoms with van der Waals surface area (Å²) in [4.78, 5) is 44.8. The highest BCUT2D eigenvalue weighted by molar-refractivity contribution is 7.10. The first-order valence-corrected chi connectivity index (χ1v) is 11.7. The normalized spacial score (nSPS) is 14.3. The number of nitrogens with zero attached hydrogens (tertiary/aromatic N) is 1. The summed E-state index contributed by atoms with van der Waals surface area (Å²) in [6.07, 6.45) is 1.92. The molecule has 1 atom stereocenters. The molecular formula is C23H31N3O4S. The van der Waals surface area contributed by atoms with Crippen LogP contribution in [0.3, 0.4) is 0 Å². The lowest BCUT2D eigenvalue weighted by molar-refractivity contribution is -0.134. The van der Waals surface area contributed by atoms with Gasteiger partial charge in [-0.1, -0.05) is 13.3 Å². The SMILES string of the molecule is CCCC(NC(=O)c1[nH]c(C)c(C(=O)OC(C)C)c1C)C(=O)N1CCc2sccc2C1. The topological polar surface area (TPSA) is 91.5 Å². The number of rotatable bonds is 7. The van der Waals surface area contributed by atoms with Crippen LogP contribution in [-0.4, -0.2) is 46.4 Å². The number of carbonyl (C=O) groups is 3. The molecule has 0 aromatic carbocycles. The molecule has 31 heavy (non-hydrogen) atoms. The Kier molecular flexibility index (Phi) is 7.20. The van der Waals surface area contributed by atoms with E-state index in [0.29, 0.717) is 42.0 Å². The number of aryl methyl sites for hydroxylation is 1. The molecule has 3 heterocycles. The lowest BCUT2D eigenvalue weighted by atomic mass is 10.1. The fraction of sp³-hybridized carbons (Fsp3) is 0.522. The Labute approximate surface area is 187 Å². The molecule has 1 aliphatic heterocycles. The smallest absolute Gasteiger partial charge is 0.340 e. The minimum atomic E-state index is -0.605. The van der Waals surface area contributed by atoms with E-state index in [1.54, 1.807) is 39.0 Å². The van der Waals surface area contributed by atoms with Crippen LogP contribution in [0.15, 0.2) is 11.4 Å². The second-order valence-corrected chi connectivity index (χ2v) is 9.27. The van der Waals surface area contributed by atoms with Crippen molar-refractivity contribution in [2.75, 3.05) is 6.54 Å². The molecule has 1 unspecified atom stereocenters. The van der Waals surface area contributed by atoms with Gasteiger partial charge >= 0.3 is 5.97 Å². The van der Waals surface area contributed by atoms with Crippen molar-refractivity contribution in [2.24, 2.45) is 0 Å². The van der Waals surface area contributed by atoms with Gasteiger partial charge in [-0.3, -0.25) is 9.59 Å². The summed E-state index contributed by atoms with van der Waals surface area (Å²) in [5.74, 6) is -0.905. The molecule has 8 heteroatoms. The second-order valence-electron chi connectivity index (χ2n) is 8.27. The average molecular weight is 446 g/mol. The van der Waals surface area contributed by atoms with Crippen LogP contribution in [0.5, 0.6) is 0 Å². The van der Waals surface area contributed by atoms with Gasteiger partial charge in [0.15, 0.2) is 0 Å². The summed E-state index contributed by atoms with van der Waals surface area (Å²) in [6, 6.07) is 1.46. The molecule has 2 aromatic rings. The molecule has 1 aliphatic rings. The van der Waals surface area contributed by atoms with Crippen molar-refractivity contribution in [1.29, 1.82) is 0 Å². The fourth-order valence-corrected chi connectivity index (χ4v) is 4.88. The Bertz CT molecular complexity index is 976. The third-order valence-corrected chi connectivity index (χ3v) is 6.53. The van der Waals surface area contributed by atoms with Crippen LogP contribution in [0, 0.1) is 13.8 Å². The van der Waals surface area contributed by atoms with Gasteiger partial charge < -0.3 is 19.9 Å². The van der Waals surface area contributed by atoms with Gasteiger partial charge in [0.2, 0.25) is 5.91 Å². The van der Waals surface area contributed by atoms with Crippen molar-refractivity contribution < 1.29 is 19.1 Å². The summed E-state index contributed by atoms with van der Waals surface area (Å²) < 4.78 is 5.30. The fourth-order valence-electron chi connectivity index (χ4n) is 3.99. The molecule has 2 aromatic heterocycles. The van der Waals surface area contributed by atoms with Crippen LogP contribution >= 0.6 is 11.3 Å². The lowest BCUT2D eigenvalue weighted by Gasteiger charge is -2.30. The number of hydrogen-bond acceptors (Lipinski definition) is 5. The number of aromatic nitrogens is 1. The molecule has 0 aliphatic carbocycles. The van der Waals surface area contributed by atoms with E-state index in [0.717, 1.165) is 12.8 Å². The molecule has 0 bridgehead atoms. The number of amides is 2. The number of fused-ring (bicyclic) bond motifs is 1. The van der Waals surface area contributed by atoms with Crippen molar-refractivity contribution >= 4 is 29.1 Å². The van der Waals surface area contributed by atoms with Gasteiger partial charge in [-0.15, -0.1) is 11.3 Å². The van der Waals surface area contributed by atoms with E-state index >= 15 is 0 Å². The highest BCUT2D eigenvalue weighted by Gasteiger charge is 2.30. The molecule has 0 saturated heterocycles. The minimum Gasteiger partial charge on any atom is -0.459 e. The molecular weight excluding hydrogens is 414 g/mol. The van der Waals surface area contributed by atoms with Crippen LogP contribution < -0.4 is 5.32 Å². The number of esters is 1. The highest BCUT2D eigenvalue weighted by atomic mass is 32.1. The zero-order valence-corrected chi connectivity index (χ0v) is 19.6. The first kappa shape index (κ1) is 23.1. The van der Waals surface area contributed by atoms with Crippen molar-refractivity contribution in [3.05, 3.63) is 44.4 Å². The van der Waals surface area contributed by atoms with E-state index in [2.05, 4.69) is 21.7 Å². The van der Waals surface area contributed by atoms with Crippen molar-refractivity contribution in [2.45, 2.75) is 72.6 Å². The molecule has 0 saturated carbocycles. The van der Waals surface area contributed by atoms with E-state index in [9.17, 15) is 14.4 Å². The van der Waals surface area contributed by atoms with E-state index in [-0.39, 0.29) is 17.9 Å². The van der Waals surface area contributed by atoms with E-state index in [4.69, 9.17) is 4.74 Å². The Morgan fingerprint density at radius 1 is 1.29 bits per heavy atom. The first-order chi connectivity index (χ1) is 14.7. The lowest BCUT2D eigenvalue weighted by Crippen LogP contribution is -2.49. The third-order valence-electron chi connectivity index (χ3n) is 5.51. The molecule has 2 N–H and O–H groups in total. The Morgan fingerprint density at radius 2 is 2.03 bits per heavy atom. The van der Waals surface area contributed by atoms with Crippen molar-refractivity contribution in [3.63, 3.8) is 0 Å². The van der Waals surface area contributed by atoms with Gasteiger partial charge in [0.1, 0.15) is 11.7 Å². The zero-order chi connectivity index (χ0) is 22.7. The van der Waals surface area contributed by atoms with Crippen LogP contribution in [0.2, 0.25) is 0 Å². The average Bonchev–Trinajstić information content (AvgIpc) is 3.29. The highest BCUT2D eigenvalue weighted by Crippen LogP contribution is 2.25. The molecule has 3 rings (SSSR count). The van der Waals surface area contributed by atoms with E-state index < -0.39 is 12.0 Å². The number of H-pyrrole nitrogens is 1. The van der Waals surface area contributed by atoms with Crippen LogP contribution in [0.4, 0.5) is 0 Å². The number of carbonyl (C=O) groups excluding carboxylic acids is 3. The summed E-state index contributed by atoms with van der Waals surface area (Å²) >= 11 is 1.73. The van der Waals surface area contributed by atoms with Gasteiger partial charge in [-0.25, -0.2) is 4.79 Å². The maximum Gasteiger partial charge on any atom is 0.340 e. The summed E-state index contributed by atoms with van der Waals surface area (Å²) in [5.41, 5.74) is 2.96. The molecule has 7 nitrogen and oxygen atoms in total. The van der Waals surface area contributed by atoms with Gasteiger partial charge in [-0.05, 0) is 63.1 Å². The van der Waals surface area contributed by atoms with Crippen LogP contribution in [-0.2, 0) is 22.5 Å². The monoisotopic (exact) mass is 445 g/mol. The second kappa shape index (κ2) is 9.68. The summed E-state index contributed by atoms with van der Waals surface area (Å²) in [7, 11) is 0. The molecule has 0 radical (unpaired) electrons. The molecule has 2 amide bonds. The van der Waals surface area contributed by atoms with Gasteiger partial charge in [-0.2, -0.15) is 0 Å². The molecule has 168 valence electrons. The van der Waals surface area contributed by atoms with Gasteiger partial charge in [0.25, 0.3) is 5.91 Å². The Morgan fingerprint density at radius 3 is 2.71 bits per heavy atom. The Hall–Kier alpha value is -2.61. The zero-order valence-electron chi connectivity index (χ0n) is 18.8. The number of hydrogen-bond donors (Lipinski definition) is 2. The van der Waals surface area contributed by atoms with Gasteiger partial charge in [0, 0.05) is 23.7 Å².